The molecule has 0 radical (unpaired) electrons. The van der Waals surface area contributed by atoms with Crippen molar-refractivity contribution in [2.24, 2.45) is 0 Å². The number of nitrogens with zero attached hydrogens (tertiary/aromatic N) is 3. The number of carbonyl (C=O) groups excluding carboxylic acids is 1. The van der Waals surface area contributed by atoms with Crippen molar-refractivity contribution in [1.29, 1.82) is 0 Å². The highest BCUT2D eigenvalue weighted by Gasteiger charge is 2.30. The van der Waals surface area contributed by atoms with Gasteiger partial charge in [-0.3, -0.25) is 0 Å². The number of aryl methyl sites for hydroxylation is 1. The van der Waals surface area contributed by atoms with Gasteiger partial charge in [0.05, 0.1) is 12.4 Å². The Bertz CT molecular complexity index is 920. The van der Waals surface area contributed by atoms with Crippen LogP contribution in [0.3, 0.4) is 0 Å². The maximum absolute atomic E-state index is 12.9. The van der Waals surface area contributed by atoms with Crippen LogP contribution < -0.4 is 5.32 Å². The summed E-state index contributed by atoms with van der Waals surface area (Å²) in [4.78, 5) is 19.0. The first kappa shape index (κ1) is 17.3. The minimum absolute atomic E-state index is 0.0273. The number of hydrogen-bond acceptors (Lipinski definition) is 2. The van der Waals surface area contributed by atoms with E-state index in [-0.39, 0.29) is 12.1 Å². The number of benzene rings is 2. The smallest absolute Gasteiger partial charge is 0.322 e. The first-order valence-corrected chi connectivity index (χ1v) is 9.38. The van der Waals surface area contributed by atoms with E-state index < -0.39 is 0 Å². The van der Waals surface area contributed by atoms with Crippen molar-refractivity contribution in [3.63, 3.8) is 0 Å². The zero-order chi connectivity index (χ0) is 18.6. The lowest BCUT2D eigenvalue weighted by molar-refractivity contribution is 0.207. The molecule has 0 unspecified atom stereocenters. The van der Waals surface area contributed by atoms with Gasteiger partial charge in [-0.05, 0) is 48.6 Å². The van der Waals surface area contributed by atoms with Crippen LogP contribution in [-0.4, -0.2) is 27.0 Å². The van der Waals surface area contributed by atoms with E-state index in [2.05, 4.69) is 41.5 Å². The molecule has 0 spiro atoms. The number of nitrogens with one attached hydrogen (secondary N) is 1. The molecule has 1 N–H and O–H groups in total. The molecule has 3 aromatic rings. The Kier molecular flexibility index (Phi) is 4.92. The molecular formula is C22H24N4O. The van der Waals surface area contributed by atoms with E-state index in [0.29, 0.717) is 0 Å². The number of anilines is 1. The molecule has 5 heteroatoms. The highest BCUT2D eigenvalue weighted by Crippen LogP contribution is 2.34. The van der Waals surface area contributed by atoms with Crippen molar-refractivity contribution in [2.45, 2.75) is 32.4 Å². The summed E-state index contributed by atoms with van der Waals surface area (Å²) >= 11 is 0. The van der Waals surface area contributed by atoms with E-state index >= 15 is 0 Å². The maximum Gasteiger partial charge on any atom is 0.322 e. The van der Waals surface area contributed by atoms with E-state index in [0.717, 1.165) is 37.2 Å². The largest absolute Gasteiger partial charge is 0.333 e. The number of carbonyl (C=O) groups is 1. The third-order valence-corrected chi connectivity index (χ3v) is 5.16. The maximum atomic E-state index is 12.9. The van der Waals surface area contributed by atoms with Gasteiger partial charge >= 0.3 is 6.03 Å². The number of amides is 2. The van der Waals surface area contributed by atoms with Crippen LogP contribution in [0.25, 0.3) is 0 Å². The van der Waals surface area contributed by atoms with Crippen LogP contribution >= 0.6 is 0 Å². The molecule has 1 aliphatic heterocycles. The third kappa shape index (κ3) is 3.87. The van der Waals surface area contributed by atoms with Crippen molar-refractivity contribution in [2.75, 3.05) is 11.9 Å². The first-order valence-electron chi connectivity index (χ1n) is 9.38. The molecular weight excluding hydrogens is 336 g/mol. The molecule has 2 amide bonds. The minimum atomic E-state index is -0.0273. The third-order valence-electron chi connectivity index (χ3n) is 5.16. The molecule has 0 aliphatic carbocycles. The zero-order valence-corrected chi connectivity index (χ0v) is 15.5. The van der Waals surface area contributed by atoms with Crippen molar-refractivity contribution in [3.8, 4) is 0 Å². The van der Waals surface area contributed by atoms with Crippen LogP contribution in [0.5, 0.6) is 0 Å². The Morgan fingerprint density at radius 2 is 2.11 bits per heavy atom. The molecule has 1 aliphatic rings. The summed E-state index contributed by atoms with van der Waals surface area (Å²) in [6.07, 6.45) is 7.54. The number of rotatable bonds is 4. The van der Waals surface area contributed by atoms with Gasteiger partial charge in [0.25, 0.3) is 0 Å². The SMILES string of the molecule is Cc1ccccc1[C@@H]1CCCN1C(=O)Nc1cccc(Cn2ccnc2)c1. The van der Waals surface area contributed by atoms with Gasteiger partial charge in [-0.1, -0.05) is 36.4 Å². The van der Waals surface area contributed by atoms with E-state index in [1.807, 2.05) is 39.9 Å². The number of likely N-dealkylation sites (tertiary alicyclic amines) is 1. The van der Waals surface area contributed by atoms with Crippen LogP contribution in [0.2, 0.25) is 0 Å². The lowest BCUT2D eigenvalue weighted by Gasteiger charge is -2.26. The monoisotopic (exact) mass is 360 g/mol. The highest BCUT2D eigenvalue weighted by atomic mass is 16.2. The Morgan fingerprint density at radius 1 is 1.22 bits per heavy atom. The van der Waals surface area contributed by atoms with Gasteiger partial charge in [-0.2, -0.15) is 0 Å². The Hall–Kier alpha value is -3.08. The van der Waals surface area contributed by atoms with Gasteiger partial charge in [0.15, 0.2) is 0 Å². The van der Waals surface area contributed by atoms with Crippen LogP contribution in [0.4, 0.5) is 10.5 Å². The summed E-state index contributed by atoms with van der Waals surface area (Å²) in [5.41, 5.74) is 4.44. The molecule has 4 rings (SSSR count). The molecule has 2 heterocycles. The molecule has 0 saturated carbocycles. The standard InChI is InChI=1S/C22H24N4O/c1-17-6-2-3-9-20(17)21-10-5-12-26(21)22(27)24-19-8-4-7-18(14-19)15-25-13-11-23-16-25/h2-4,6-9,11,13-14,16,21H,5,10,12,15H2,1H3,(H,24,27)/t21-/m0/s1. The van der Waals surface area contributed by atoms with Crippen molar-refractivity contribution < 1.29 is 4.79 Å². The lowest BCUT2D eigenvalue weighted by atomic mass is 9.99. The summed E-state index contributed by atoms with van der Waals surface area (Å²) in [6, 6.07) is 16.5. The summed E-state index contributed by atoms with van der Waals surface area (Å²) in [5, 5.41) is 3.09. The van der Waals surface area contributed by atoms with Gasteiger partial charge in [0.2, 0.25) is 0 Å². The number of imidazole rings is 1. The number of urea groups is 1. The molecule has 1 aromatic heterocycles. The van der Waals surface area contributed by atoms with Crippen molar-refractivity contribution in [1.82, 2.24) is 14.5 Å². The predicted octanol–water partition coefficient (Wildman–Crippen LogP) is 4.61. The quantitative estimate of drug-likeness (QED) is 0.739. The minimum Gasteiger partial charge on any atom is -0.333 e. The second-order valence-corrected chi connectivity index (χ2v) is 7.07. The summed E-state index contributed by atoms with van der Waals surface area (Å²) in [5.74, 6) is 0. The van der Waals surface area contributed by atoms with Crippen LogP contribution in [-0.2, 0) is 6.54 Å². The van der Waals surface area contributed by atoms with E-state index in [1.54, 1.807) is 12.5 Å². The van der Waals surface area contributed by atoms with E-state index in [9.17, 15) is 4.79 Å². The average Bonchev–Trinajstić information content (AvgIpc) is 3.34. The molecule has 0 bridgehead atoms. The van der Waals surface area contributed by atoms with Gasteiger partial charge in [-0.15, -0.1) is 0 Å². The molecule has 1 fully saturated rings. The summed E-state index contributed by atoms with van der Waals surface area (Å²) < 4.78 is 2.01. The molecule has 27 heavy (non-hydrogen) atoms. The fourth-order valence-corrected chi connectivity index (χ4v) is 3.83. The Labute approximate surface area is 159 Å². The van der Waals surface area contributed by atoms with Crippen LogP contribution in [0, 0.1) is 6.92 Å². The second-order valence-electron chi connectivity index (χ2n) is 7.07. The molecule has 5 nitrogen and oxygen atoms in total. The fourth-order valence-electron chi connectivity index (χ4n) is 3.83. The summed E-state index contributed by atoms with van der Waals surface area (Å²) in [7, 11) is 0. The fraction of sp³-hybridized carbons (Fsp3) is 0.273. The summed E-state index contributed by atoms with van der Waals surface area (Å²) in [6.45, 7) is 3.64. The van der Waals surface area contributed by atoms with Crippen LogP contribution in [0.15, 0.2) is 67.3 Å². The number of aromatic nitrogens is 2. The van der Waals surface area contributed by atoms with Crippen molar-refractivity contribution >= 4 is 11.7 Å². The van der Waals surface area contributed by atoms with E-state index in [1.165, 1.54) is 11.1 Å². The Morgan fingerprint density at radius 3 is 2.93 bits per heavy atom. The average molecular weight is 360 g/mol. The number of hydrogen-bond donors (Lipinski definition) is 1. The van der Waals surface area contributed by atoms with Crippen molar-refractivity contribution in [3.05, 3.63) is 83.9 Å². The Balaban J connectivity index is 1.48. The lowest BCUT2D eigenvalue weighted by Crippen LogP contribution is -2.34. The normalized spacial score (nSPS) is 16.5. The predicted molar refractivity (Wildman–Crippen MR) is 107 cm³/mol. The zero-order valence-electron chi connectivity index (χ0n) is 15.5. The molecule has 1 saturated heterocycles. The van der Waals surface area contributed by atoms with Crippen LogP contribution in [0.1, 0.15) is 35.6 Å². The second kappa shape index (κ2) is 7.66. The molecule has 138 valence electrons. The van der Waals surface area contributed by atoms with Gasteiger partial charge < -0.3 is 14.8 Å². The molecule has 1 atom stereocenters. The van der Waals surface area contributed by atoms with Gasteiger partial charge in [-0.25, -0.2) is 9.78 Å². The first-order chi connectivity index (χ1) is 13.2. The molecule has 2 aromatic carbocycles. The van der Waals surface area contributed by atoms with Gasteiger partial charge in [0.1, 0.15) is 0 Å². The topological polar surface area (TPSA) is 50.2 Å². The van der Waals surface area contributed by atoms with E-state index in [4.69, 9.17) is 0 Å². The highest BCUT2D eigenvalue weighted by molar-refractivity contribution is 5.90. The van der Waals surface area contributed by atoms with Gasteiger partial charge in [0, 0.05) is 31.2 Å².